The van der Waals surface area contributed by atoms with Gasteiger partial charge in [0.1, 0.15) is 5.92 Å². The third-order valence-electron chi connectivity index (χ3n) is 5.12. The SMILES string of the molecule is COC(=O)[C@H]1C(=O)C2=C(C[C@@H]1C)NC(=O)C[C@@H]2c1cc(Br)c(O)c(OC)c1. The molecule has 1 amide bonds. The highest BCUT2D eigenvalue weighted by molar-refractivity contribution is 9.10. The average Bonchev–Trinajstić information content (AvgIpc) is 2.62. The summed E-state index contributed by atoms with van der Waals surface area (Å²) in [6.45, 7) is 1.79. The van der Waals surface area contributed by atoms with Crippen molar-refractivity contribution in [3.05, 3.63) is 33.4 Å². The van der Waals surface area contributed by atoms with Gasteiger partial charge < -0.3 is 19.9 Å². The molecule has 0 unspecified atom stereocenters. The van der Waals surface area contributed by atoms with E-state index < -0.39 is 17.8 Å². The Kier molecular flexibility index (Phi) is 5.28. The van der Waals surface area contributed by atoms with Gasteiger partial charge in [0.2, 0.25) is 5.91 Å². The largest absolute Gasteiger partial charge is 0.503 e. The molecule has 0 aromatic heterocycles. The highest BCUT2D eigenvalue weighted by Crippen LogP contribution is 2.45. The van der Waals surface area contributed by atoms with E-state index in [-0.39, 0.29) is 35.5 Å². The smallest absolute Gasteiger partial charge is 0.316 e. The number of ketones is 1. The van der Waals surface area contributed by atoms with Crippen molar-refractivity contribution in [2.24, 2.45) is 11.8 Å². The van der Waals surface area contributed by atoms with Crippen LogP contribution in [0.15, 0.2) is 27.9 Å². The van der Waals surface area contributed by atoms with Crippen LogP contribution in [0, 0.1) is 11.8 Å². The first-order valence-corrected chi connectivity index (χ1v) is 9.29. The van der Waals surface area contributed by atoms with Gasteiger partial charge in [0.15, 0.2) is 17.3 Å². The summed E-state index contributed by atoms with van der Waals surface area (Å²) in [7, 11) is 2.68. The van der Waals surface area contributed by atoms with Crippen LogP contribution in [0.5, 0.6) is 11.5 Å². The van der Waals surface area contributed by atoms with Crippen LogP contribution in [0.1, 0.15) is 31.2 Å². The zero-order valence-corrected chi connectivity index (χ0v) is 16.8. The molecule has 2 N–H and O–H groups in total. The number of ether oxygens (including phenoxy) is 2. The van der Waals surface area contributed by atoms with Gasteiger partial charge in [-0.05, 0) is 46.0 Å². The average molecular weight is 438 g/mol. The maximum absolute atomic E-state index is 13.2. The number of rotatable bonds is 3. The summed E-state index contributed by atoms with van der Waals surface area (Å²) in [5.74, 6) is -2.63. The summed E-state index contributed by atoms with van der Waals surface area (Å²) in [5, 5.41) is 12.8. The molecule has 0 saturated carbocycles. The topological polar surface area (TPSA) is 102 Å². The Balaban J connectivity index is 2.12. The molecule has 1 aromatic carbocycles. The number of allylic oxidation sites excluding steroid dienone is 2. The minimum atomic E-state index is -0.895. The van der Waals surface area contributed by atoms with Crippen LogP contribution in [-0.4, -0.2) is 37.0 Å². The van der Waals surface area contributed by atoms with E-state index in [1.807, 2.05) is 0 Å². The van der Waals surface area contributed by atoms with Crippen LogP contribution in [0.4, 0.5) is 0 Å². The molecule has 2 aliphatic rings. The fraction of sp³-hybridized carbons (Fsp3) is 0.421. The van der Waals surface area contributed by atoms with Crippen molar-refractivity contribution in [2.75, 3.05) is 14.2 Å². The summed E-state index contributed by atoms with van der Waals surface area (Å²) < 4.78 is 10.4. The van der Waals surface area contributed by atoms with Crippen molar-refractivity contribution in [1.29, 1.82) is 0 Å². The molecule has 3 rings (SSSR count). The van der Waals surface area contributed by atoms with Gasteiger partial charge in [-0.2, -0.15) is 0 Å². The lowest BCUT2D eigenvalue weighted by Gasteiger charge is -2.36. The number of carbonyl (C=O) groups is 3. The number of hydrogen-bond acceptors (Lipinski definition) is 6. The third-order valence-corrected chi connectivity index (χ3v) is 5.73. The van der Waals surface area contributed by atoms with Gasteiger partial charge in [0.25, 0.3) is 0 Å². The number of amides is 1. The Hall–Kier alpha value is -2.35. The van der Waals surface area contributed by atoms with Crippen LogP contribution in [0.25, 0.3) is 0 Å². The summed E-state index contributed by atoms with van der Waals surface area (Å²) in [4.78, 5) is 37.6. The van der Waals surface area contributed by atoms with Crippen molar-refractivity contribution >= 4 is 33.6 Å². The first-order chi connectivity index (χ1) is 12.8. The predicted octanol–water partition coefficient (Wildman–Crippen LogP) is 2.42. The van der Waals surface area contributed by atoms with Crippen molar-refractivity contribution in [2.45, 2.75) is 25.7 Å². The van der Waals surface area contributed by atoms with Crippen molar-refractivity contribution in [3.8, 4) is 11.5 Å². The highest BCUT2D eigenvalue weighted by Gasteiger charge is 2.45. The summed E-state index contributed by atoms with van der Waals surface area (Å²) >= 11 is 3.27. The number of methoxy groups -OCH3 is 2. The highest BCUT2D eigenvalue weighted by atomic mass is 79.9. The fourth-order valence-corrected chi connectivity index (χ4v) is 4.29. The Morgan fingerprint density at radius 2 is 1.96 bits per heavy atom. The normalized spacial score (nSPS) is 25.0. The van der Waals surface area contributed by atoms with Gasteiger partial charge in [0.05, 0.1) is 18.7 Å². The fourth-order valence-electron chi connectivity index (χ4n) is 3.83. The standard InChI is InChI=1S/C19H20BrNO6/c1-8-4-12-16(18(24)15(8)19(25)27-3)10(7-14(22)21-12)9-5-11(20)17(23)13(6-9)26-2/h5-6,8,10,15,23H,4,7H2,1-3H3,(H,21,22)/t8-,10+,15+/m0/s1. The monoisotopic (exact) mass is 437 g/mol. The number of hydrogen-bond donors (Lipinski definition) is 2. The van der Waals surface area contributed by atoms with Crippen LogP contribution >= 0.6 is 15.9 Å². The lowest BCUT2D eigenvalue weighted by atomic mass is 9.70. The van der Waals surface area contributed by atoms with Crippen LogP contribution in [-0.2, 0) is 19.1 Å². The maximum atomic E-state index is 13.2. The number of nitrogens with one attached hydrogen (secondary N) is 1. The molecule has 1 aromatic rings. The molecule has 8 heteroatoms. The second-order valence-corrected chi connectivity index (χ2v) is 7.65. The van der Waals surface area contributed by atoms with Crippen LogP contribution in [0.3, 0.4) is 0 Å². The molecule has 3 atom stereocenters. The molecular weight excluding hydrogens is 418 g/mol. The molecule has 0 fully saturated rings. The lowest BCUT2D eigenvalue weighted by Crippen LogP contribution is -2.44. The minimum absolute atomic E-state index is 0.0627. The number of carbonyl (C=O) groups excluding carboxylic acids is 3. The molecule has 0 radical (unpaired) electrons. The van der Waals surface area contributed by atoms with Gasteiger partial charge in [-0.15, -0.1) is 0 Å². The molecular formula is C19H20BrNO6. The molecule has 1 heterocycles. The maximum Gasteiger partial charge on any atom is 0.316 e. The molecule has 0 spiro atoms. The Morgan fingerprint density at radius 1 is 1.26 bits per heavy atom. The summed E-state index contributed by atoms with van der Waals surface area (Å²) in [6.07, 6.45) is 0.465. The van der Waals surface area contributed by atoms with Gasteiger partial charge in [0, 0.05) is 23.6 Å². The first kappa shape index (κ1) is 19.4. The number of benzene rings is 1. The Bertz CT molecular complexity index is 862. The molecule has 7 nitrogen and oxygen atoms in total. The van der Waals surface area contributed by atoms with Gasteiger partial charge in [-0.3, -0.25) is 14.4 Å². The molecule has 144 valence electrons. The second kappa shape index (κ2) is 7.34. The Labute approximate surface area is 164 Å². The van der Waals surface area contributed by atoms with Crippen LogP contribution < -0.4 is 10.1 Å². The van der Waals surface area contributed by atoms with E-state index in [1.165, 1.54) is 14.2 Å². The van der Waals surface area contributed by atoms with E-state index in [9.17, 15) is 19.5 Å². The third kappa shape index (κ3) is 3.34. The quantitative estimate of drug-likeness (QED) is 0.555. The van der Waals surface area contributed by atoms with E-state index in [0.717, 1.165) is 0 Å². The molecule has 0 saturated heterocycles. The Morgan fingerprint density at radius 3 is 2.59 bits per heavy atom. The van der Waals surface area contributed by atoms with Crippen LogP contribution in [0.2, 0.25) is 0 Å². The van der Waals surface area contributed by atoms with E-state index in [2.05, 4.69) is 21.2 Å². The molecule has 1 aliphatic heterocycles. The van der Waals surface area contributed by atoms with Gasteiger partial charge >= 0.3 is 5.97 Å². The van der Waals surface area contributed by atoms with Crippen molar-refractivity contribution < 1.29 is 29.0 Å². The van der Waals surface area contributed by atoms with E-state index in [4.69, 9.17) is 9.47 Å². The van der Waals surface area contributed by atoms with Crippen molar-refractivity contribution in [1.82, 2.24) is 5.32 Å². The number of esters is 1. The molecule has 1 aliphatic carbocycles. The molecule has 27 heavy (non-hydrogen) atoms. The number of Topliss-reactive ketones (excluding diaryl/α,β-unsaturated/α-hetero) is 1. The first-order valence-electron chi connectivity index (χ1n) is 8.49. The predicted molar refractivity (Wildman–Crippen MR) is 99.2 cm³/mol. The summed E-state index contributed by atoms with van der Waals surface area (Å²) in [5.41, 5.74) is 1.62. The van der Waals surface area contributed by atoms with Gasteiger partial charge in [-0.1, -0.05) is 6.92 Å². The van der Waals surface area contributed by atoms with Gasteiger partial charge in [-0.25, -0.2) is 0 Å². The second-order valence-electron chi connectivity index (χ2n) is 6.80. The molecule has 0 bridgehead atoms. The zero-order chi connectivity index (χ0) is 19.9. The lowest BCUT2D eigenvalue weighted by molar-refractivity contribution is -0.151. The number of aromatic hydroxyl groups is 1. The number of phenolic OH excluding ortho intramolecular Hbond substituents is 1. The van der Waals surface area contributed by atoms with E-state index in [0.29, 0.717) is 27.7 Å². The summed E-state index contributed by atoms with van der Waals surface area (Å²) in [6, 6.07) is 3.26. The zero-order valence-electron chi connectivity index (χ0n) is 15.2. The number of halogens is 1. The van der Waals surface area contributed by atoms with Crippen molar-refractivity contribution in [3.63, 3.8) is 0 Å². The van der Waals surface area contributed by atoms with E-state index in [1.54, 1.807) is 19.1 Å². The minimum Gasteiger partial charge on any atom is -0.503 e. The van der Waals surface area contributed by atoms with E-state index >= 15 is 0 Å². The number of phenols is 1.